The van der Waals surface area contributed by atoms with Crippen LogP contribution in [-0.2, 0) is 4.84 Å². The first-order valence-electron chi connectivity index (χ1n) is 3.80. The highest BCUT2D eigenvalue weighted by atomic mass is 16.7. The Morgan fingerprint density at radius 2 is 1.67 bits per heavy atom. The normalized spacial score (nSPS) is 17.0. The molecule has 0 aromatic carbocycles. The molecule has 0 unspecified atom stereocenters. The number of rotatable bonds is 2. The molecule has 1 fully saturated rings. The lowest BCUT2D eigenvalue weighted by molar-refractivity contribution is 0.0297. The first-order valence-corrected chi connectivity index (χ1v) is 3.80. The fourth-order valence-electron chi connectivity index (χ4n) is 1.23. The molecule has 0 spiro atoms. The maximum absolute atomic E-state index is 9.60. The van der Waals surface area contributed by atoms with Crippen LogP contribution in [0, 0.1) is 9.81 Å². The van der Waals surface area contributed by atoms with Gasteiger partial charge in [-0.3, -0.25) is 0 Å². The van der Waals surface area contributed by atoms with Crippen LogP contribution in [0.2, 0.25) is 0 Å². The summed E-state index contributed by atoms with van der Waals surface area (Å²) in [6.45, 7) is 0. The third-order valence-electron chi connectivity index (χ3n) is 1.74. The van der Waals surface area contributed by atoms with Crippen LogP contribution in [-0.4, -0.2) is 11.3 Å². The molecule has 1 aliphatic carbocycles. The second kappa shape index (κ2) is 7.90. The SMILES string of the molecule is O=NO.O=NOC1CCCCC1. The summed E-state index contributed by atoms with van der Waals surface area (Å²) in [6.07, 6.45) is 5.77. The molecule has 0 radical (unpaired) electrons. The minimum absolute atomic E-state index is 0.122. The summed E-state index contributed by atoms with van der Waals surface area (Å²) in [6, 6.07) is 0. The van der Waals surface area contributed by atoms with Gasteiger partial charge in [0, 0.05) is 0 Å². The molecule has 0 atom stereocenters. The van der Waals surface area contributed by atoms with E-state index in [1.807, 2.05) is 0 Å². The summed E-state index contributed by atoms with van der Waals surface area (Å²) in [4.78, 5) is 22.3. The monoisotopic (exact) mass is 176 g/mol. The van der Waals surface area contributed by atoms with E-state index in [2.05, 4.69) is 10.2 Å². The minimum Gasteiger partial charge on any atom is -0.379 e. The second-order valence-corrected chi connectivity index (χ2v) is 2.52. The minimum atomic E-state index is 0.122. The van der Waals surface area contributed by atoms with Crippen molar-refractivity contribution in [1.82, 2.24) is 0 Å². The first-order chi connectivity index (χ1) is 5.85. The van der Waals surface area contributed by atoms with Crippen LogP contribution >= 0.6 is 0 Å². The first kappa shape index (κ1) is 10.8. The van der Waals surface area contributed by atoms with Gasteiger partial charge in [-0.2, -0.15) is 0 Å². The van der Waals surface area contributed by atoms with Gasteiger partial charge in [0.1, 0.15) is 6.10 Å². The van der Waals surface area contributed by atoms with Crippen LogP contribution in [0.1, 0.15) is 32.1 Å². The molecular weight excluding hydrogens is 164 g/mol. The topological polar surface area (TPSA) is 88.3 Å². The van der Waals surface area contributed by atoms with Crippen molar-refractivity contribution in [3.05, 3.63) is 9.81 Å². The van der Waals surface area contributed by atoms with Gasteiger partial charge in [-0.1, -0.05) is 6.42 Å². The molecule has 0 heterocycles. The predicted octanol–water partition coefficient (Wildman–Crippen LogP) is 2.16. The van der Waals surface area contributed by atoms with Crippen LogP contribution in [0.25, 0.3) is 0 Å². The lowest BCUT2D eigenvalue weighted by Gasteiger charge is -2.16. The number of hydrogen-bond acceptors (Lipinski definition) is 5. The van der Waals surface area contributed by atoms with E-state index in [1.54, 1.807) is 0 Å². The van der Waals surface area contributed by atoms with Crippen LogP contribution < -0.4 is 0 Å². The second-order valence-electron chi connectivity index (χ2n) is 2.52. The van der Waals surface area contributed by atoms with Crippen molar-refractivity contribution in [2.45, 2.75) is 38.2 Å². The lowest BCUT2D eigenvalue weighted by Crippen LogP contribution is -2.13. The third kappa shape index (κ3) is 5.57. The van der Waals surface area contributed by atoms with E-state index < -0.39 is 0 Å². The van der Waals surface area contributed by atoms with Crippen molar-refractivity contribution < 1.29 is 10.0 Å². The molecule has 0 aliphatic heterocycles. The zero-order valence-corrected chi connectivity index (χ0v) is 6.68. The molecule has 0 bridgehead atoms. The highest BCUT2D eigenvalue weighted by Crippen LogP contribution is 2.19. The predicted molar refractivity (Wildman–Crippen MR) is 41.3 cm³/mol. The Morgan fingerprint density at radius 3 is 2.08 bits per heavy atom. The standard InChI is InChI=1S/C6H11NO2.HNO2/c8-7-9-6-4-2-1-3-5-6;2-1-3/h6H,1-5H2;(H,2,3). The van der Waals surface area contributed by atoms with Crippen molar-refractivity contribution in [1.29, 1.82) is 0 Å². The van der Waals surface area contributed by atoms with Gasteiger partial charge in [0.2, 0.25) is 0 Å². The van der Waals surface area contributed by atoms with E-state index in [0.717, 1.165) is 12.8 Å². The lowest BCUT2D eigenvalue weighted by atomic mass is 9.98. The molecule has 1 aliphatic rings. The molecule has 0 amide bonds. The Bertz CT molecular complexity index is 125. The highest BCUT2D eigenvalue weighted by molar-refractivity contribution is 4.63. The Kier molecular flexibility index (Phi) is 7.11. The summed E-state index contributed by atoms with van der Waals surface area (Å²) in [7, 11) is 0. The van der Waals surface area contributed by atoms with E-state index in [-0.39, 0.29) is 6.10 Å². The largest absolute Gasteiger partial charge is 0.379 e. The summed E-state index contributed by atoms with van der Waals surface area (Å²) in [5.74, 6) is 0. The van der Waals surface area contributed by atoms with E-state index in [9.17, 15) is 4.91 Å². The molecule has 1 N–H and O–H groups in total. The van der Waals surface area contributed by atoms with Crippen LogP contribution in [0.4, 0.5) is 0 Å². The molecule has 0 saturated heterocycles. The van der Waals surface area contributed by atoms with Gasteiger partial charge >= 0.3 is 0 Å². The van der Waals surface area contributed by atoms with Gasteiger partial charge in [0.05, 0.1) is 0 Å². The van der Waals surface area contributed by atoms with Gasteiger partial charge in [0.15, 0.2) is 10.7 Å². The molecule has 1 rings (SSSR count). The zero-order valence-electron chi connectivity index (χ0n) is 6.68. The smallest absolute Gasteiger partial charge is 0.155 e. The molecule has 6 nitrogen and oxygen atoms in total. The Morgan fingerprint density at radius 1 is 1.17 bits per heavy atom. The van der Waals surface area contributed by atoms with Crippen LogP contribution in [0.15, 0.2) is 10.7 Å². The van der Waals surface area contributed by atoms with Gasteiger partial charge in [-0.15, -0.1) is 9.81 Å². The highest BCUT2D eigenvalue weighted by Gasteiger charge is 2.13. The average Bonchev–Trinajstić information content (AvgIpc) is 2.08. The average molecular weight is 176 g/mol. The molecule has 70 valence electrons. The fourth-order valence-corrected chi connectivity index (χ4v) is 1.23. The van der Waals surface area contributed by atoms with Crippen molar-refractivity contribution in [3.8, 4) is 0 Å². The molecule has 12 heavy (non-hydrogen) atoms. The number of nitrogens with zero attached hydrogens (tertiary/aromatic N) is 2. The van der Waals surface area contributed by atoms with Gasteiger partial charge in [0.25, 0.3) is 0 Å². The maximum atomic E-state index is 9.60. The van der Waals surface area contributed by atoms with Gasteiger partial charge in [-0.25, -0.2) is 0 Å². The van der Waals surface area contributed by atoms with Crippen molar-refractivity contribution in [3.63, 3.8) is 0 Å². The van der Waals surface area contributed by atoms with E-state index in [0.29, 0.717) is 0 Å². The molecule has 0 aromatic heterocycles. The van der Waals surface area contributed by atoms with Gasteiger partial charge < -0.3 is 10.0 Å². The third-order valence-corrected chi connectivity index (χ3v) is 1.74. The van der Waals surface area contributed by atoms with Crippen molar-refractivity contribution in [2.24, 2.45) is 10.7 Å². The zero-order chi connectivity index (χ0) is 9.23. The Balaban J connectivity index is 0.000000354. The van der Waals surface area contributed by atoms with Crippen molar-refractivity contribution in [2.75, 3.05) is 0 Å². The maximum Gasteiger partial charge on any atom is 0.155 e. The molecular formula is C6H12N2O4. The summed E-state index contributed by atoms with van der Waals surface area (Å²) in [5, 5.41) is 10.3. The molecule has 6 heteroatoms. The Hall–Kier alpha value is -1.20. The molecule has 0 aromatic rings. The Labute approximate surface area is 69.8 Å². The van der Waals surface area contributed by atoms with Crippen molar-refractivity contribution >= 4 is 0 Å². The summed E-state index contributed by atoms with van der Waals surface area (Å²) >= 11 is 0. The summed E-state index contributed by atoms with van der Waals surface area (Å²) in [5.41, 5.74) is 0. The van der Waals surface area contributed by atoms with E-state index >= 15 is 0 Å². The number of hydrogen-bond donors (Lipinski definition) is 1. The van der Waals surface area contributed by atoms with E-state index in [1.165, 1.54) is 24.6 Å². The quantitative estimate of drug-likeness (QED) is 0.515. The summed E-state index contributed by atoms with van der Waals surface area (Å²) < 4.78 is 0. The van der Waals surface area contributed by atoms with Crippen LogP contribution in [0.5, 0.6) is 0 Å². The molecule has 1 saturated carbocycles. The van der Waals surface area contributed by atoms with Crippen LogP contribution in [0.3, 0.4) is 0 Å². The van der Waals surface area contributed by atoms with Gasteiger partial charge in [-0.05, 0) is 25.7 Å². The van der Waals surface area contributed by atoms with E-state index in [4.69, 9.17) is 10.1 Å². The fraction of sp³-hybridized carbons (Fsp3) is 1.00.